The van der Waals surface area contributed by atoms with E-state index < -0.39 is 0 Å². The largest absolute Gasteiger partial charge is 0.353 e. The number of nitrogens with one attached hydrogen (secondary N) is 2. The Balaban J connectivity index is 2.15. The van der Waals surface area contributed by atoms with Crippen molar-refractivity contribution in [2.45, 2.75) is 46.1 Å². The van der Waals surface area contributed by atoms with E-state index in [2.05, 4.69) is 24.5 Å². The summed E-state index contributed by atoms with van der Waals surface area (Å²) in [5.41, 5.74) is 0.547. The molecule has 4 nitrogen and oxygen atoms in total. The summed E-state index contributed by atoms with van der Waals surface area (Å²) in [5, 5.41) is 5.61. The van der Waals surface area contributed by atoms with Gasteiger partial charge in [-0.05, 0) is 43.5 Å². The van der Waals surface area contributed by atoms with Crippen molar-refractivity contribution in [3.05, 3.63) is 30.1 Å². The predicted octanol–water partition coefficient (Wildman–Crippen LogP) is 3.83. The van der Waals surface area contributed by atoms with Gasteiger partial charge in [0.25, 0.3) is 0 Å². The maximum Gasteiger partial charge on any atom is 0.234 e. The average Bonchev–Trinajstić information content (AvgIpc) is 2.49. The SMILES string of the molecule is CC(C)CCCC(C)NC(=O)CSCC(=O)Nc1ccc(F)cc1. The van der Waals surface area contributed by atoms with E-state index in [9.17, 15) is 14.0 Å². The summed E-state index contributed by atoms with van der Waals surface area (Å²) >= 11 is 1.26. The number of carbonyl (C=O) groups excluding carboxylic acids is 2. The molecule has 0 radical (unpaired) electrons. The van der Waals surface area contributed by atoms with Crippen LogP contribution >= 0.6 is 11.8 Å². The van der Waals surface area contributed by atoms with Crippen LogP contribution in [-0.4, -0.2) is 29.4 Å². The lowest BCUT2D eigenvalue weighted by atomic mass is 10.0. The van der Waals surface area contributed by atoms with Crippen LogP contribution < -0.4 is 10.6 Å². The maximum atomic E-state index is 12.8. The van der Waals surface area contributed by atoms with Gasteiger partial charge in [-0.1, -0.05) is 26.7 Å². The zero-order valence-electron chi connectivity index (χ0n) is 14.6. The van der Waals surface area contributed by atoms with Gasteiger partial charge in [-0.2, -0.15) is 0 Å². The van der Waals surface area contributed by atoms with E-state index in [4.69, 9.17) is 0 Å². The van der Waals surface area contributed by atoms with E-state index in [1.807, 2.05) is 6.92 Å². The molecule has 24 heavy (non-hydrogen) atoms. The van der Waals surface area contributed by atoms with Crippen LogP contribution in [0.4, 0.5) is 10.1 Å². The van der Waals surface area contributed by atoms with E-state index >= 15 is 0 Å². The number of carbonyl (C=O) groups is 2. The first kappa shape index (κ1) is 20.5. The minimum atomic E-state index is -0.346. The molecule has 134 valence electrons. The van der Waals surface area contributed by atoms with Gasteiger partial charge >= 0.3 is 0 Å². The Bertz CT molecular complexity index is 520. The minimum Gasteiger partial charge on any atom is -0.353 e. The second-order valence-corrected chi connectivity index (χ2v) is 7.33. The molecule has 2 N–H and O–H groups in total. The Morgan fingerprint density at radius 3 is 2.29 bits per heavy atom. The molecule has 0 bridgehead atoms. The Morgan fingerprint density at radius 2 is 1.67 bits per heavy atom. The number of rotatable bonds is 10. The summed E-state index contributed by atoms with van der Waals surface area (Å²) in [6.45, 7) is 6.39. The first-order valence-electron chi connectivity index (χ1n) is 8.29. The summed E-state index contributed by atoms with van der Waals surface area (Å²) < 4.78 is 12.8. The zero-order valence-corrected chi connectivity index (χ0v) is 15.4. The molecule has 0 aliphatic carbocycles. The Kier molecular flexibility index (Phi) is 9.45. The molecule has 0 saturated carbocycles. The lowest BCUT2D eigenvalue weighted by Crippen LogP contribution is -2.34. The highest BCUT2D eigenvalue weighted by atomic mass is 32.2. The molecular weight excluding hydrogens is 327 g/mol. The summed E-state index contributed by atoms with van der Waals surface area (Å²) in [5.74, 6) is 0.526. The minimum absolute atomic E-state index is 0.0494. The van der Waals surface area contributed by atoms with Crippen LogP contribution in [0.15, 0.2) is 24.3 Å². The molecule has 2 amide bonds. The van der Waals surface area contributed by atoms with Crippen molar-refractivity contribution in [1.82, 2.24) is 5.32 Å². The molecule has 0 fully saturated rings. The van der Waals surface area contributed by atoms with E-state index in [1.165, 1.54) is 42.4 Å². The second-order valence-electron chi connectivity index (χ2n) is 6.34. The highest BCUT2D eigenvalue weighted by molar-refractivity contribution is 8.00. The van der Waals surface area contributed by atoms with Crippen molar-refractivity contribution < 1.29 is 14.0 Å². The highest BCUT2D eigenvalue weighted by Crippen LogP contribution is 2.10. The molecule has 1 aromatic carbocycles. The van der Waals surface area contributed by atoms with Crippen LogP contribution in [0.3, 0.4) is 0 Å². The van der Waals surface area contributed by atoms with Crippen LogP contribution in [0.2, 0.25) is 0 Å². The molecule has 6 heteroatoms. The number of benzene rings is 1. The fourth-order valence-electron chi connectivity index (χ4n) is 2.19. The molecule has 0 saturated heterocycles. The van der Waals surface area contributed by atoms with Gasteiger partial charge < -0.3 is 10.6 Å². The van der Waals surface area contributed by atoms with Gasteiger partial charge in [0, 0.05) is 11.7 Å². The van der Waals surface area contributed by atoms with Crippen LogP contribution in [0.25, 0.3) is 0 Å². The number of thioether (sulfide) groups is 1. The number of halogens is 1. The van der Waals surface area contributed by atoms with E-state index in [-0.39, 0.29) is 35.2 Å². The quantitative estimate of drug-likeness (QED) is 0.671. The summed E-state index contributed by atoms with van der Waals surface area (Å²) in [6, 6.07) is 5.74. The van der Waals surface area contributed by atoms with Crippen LogP contribution in [-0.2, 0) is 9.59 Å². The molecule has 0 aliphatic heterocycles. The molecule has 1 atom stereocenters. The standard InChI is InChI=1S/C18H27FN2O2S/c1-13(2)5-4-6-14(3)20-17(22)11-24-12-18(23)21-16-9-7-15(19)8-10-16/h7-10,13-14H,4-6,11-12H2,1-3H3,(H,20,22)(H,21,23). The lowest BCUT2D eigenvalue weighted by molar-refractivity contribution is -0.119. The van der Waals surface area contributed by atoms with Crippen LogP contribution in [0, 0.1) is 11.7 Å². The van der Waals surface area contributed by atoms with Crippen molar-refractivity contribution >= 4 is 29.3 Å². The predicted molar refractivity (Wildman–Crippen MR) is 98.6 cm³/mol. The van der Waals surface area contributed by atoms with Crippen molar-refractivity contribution in [3.63, 3.8) is 0 Å². The van der Waals surface area contributed by atoms with E-state index in [1.54, 1.807) is 0 Å². The third-order valence-electron chi connectivity index (χ3n) is 3.42. The smallest absolute Gasteiger partial charge is 0.234 e. The number of amides is 2. The van der Waals surface area contributed by atoms with E-state index in [0.717, 1.165) is 12.8 Å². The monoisotopic (exact) mass is 354 g/mol. The molecular formula is C18H27FN2O2S. The molecule has 1 rings (SSSR count). The van der Waals surface area contributed by atoms with Gasteiger partial charge in [-0.25, -0.2) is 4.39 Å². The average molecular weight is 354 g/mol. The number of hydrogen-bond donors (Lipinski definition) is 2. The summed E-state index contributed by atoms with van der Waals surface area (Å²) in [7, 11) is 0. The van der Waals surface area contributed by atoms with Crippen molar-refractivity contribution in [3.8, 4) is 0 Å². The first-order valence-corrected chi connectivity index (χ1v) is 9.44. The zero-order chi connectivity index (χ0) is 17.9. The van der Waals surface area contributed by atoms with Gasteiger partial charge in [-0.15, -0.1) is 11.8 Å². The first-order chi connectivity index (χ1) is 11.4. The molecule has 0 heterocycles. The van der Waals surface area contributed by atoms with Crippen molar-refractivity contribution in [2.24, 2.45) is 5.92 Å². The van der Waals surface area contributed by atoms with Gasteiger partial charge in [-0.3, -0.25) is 9.59 Å². The van der Waals surface area contributed by atoms with Crippen molar-refractivity contribution in [1.29, 1.82) is 0 Å². The van der Waals surface area contributed by atoms with Crippen LogP contribution in [0.5, 0.6) is 0 Å². The van der Waals surface area contributed by atoms with Crippen molar-refractivity contribution in [2.75, 3.05) is 16.8 Å². The fraction of sp³-hybridized carbons (Fsp3) is 0.556. The Labute approximate surface area is 148 Å². The molecule has 1 aromatic rings. The molecule has 0 aliphatic rings. The molecule has 0 aromatic heterocycles. The Hall–Kier alpha value is -1.56. The maximum absolute atomic E-state index is 12.8. The third-order valence-corrected chi connectivity index (χ3v) is 4.35. The molecule has 1 unspecified atom stereocenters. The summed E-state index contributed by atoms with van der Waals surface area (Å²) in [4.78, 5) is 23.6. The summed E-state index contributed by atoms with van der Waals surface area (Å²) in [6.07, 6.45) is 3.24. The van der Waals surface area contributed by atoms with Gasteiger partial charge in [0.15, 0.2) is 0 Å². The second kappa shape index (κ2) is 11.1. The highest BCUT2D eigenvalue weighted by Gasteiger charge is 2.09. The van der Waals surface area contributed by atoms with Gasteiger partial charge in [0.2, 0.25) is 11.8 Å². The fourth-order valence-corrected chi connectivity index (χ4v) is 2.82. The molecule has 0 spiro atoms. The number of hydrogen-bond acceptors (Lipinski definition) is 3. The number of anilines is 1. The Morgan fingerprint density at radius 1 is 1.04 bits per heavy atom. The van der Waals surface area contributed by atoms with Crippen LogP contribution in [0.1, 0.15) is 40.0 Å². The topological polar surface area (TPSA) is 58.2 Å². The van der Waals surface area contributed by atoms with E-state index in [0.29, 0.717) is 11.6 Å². The normalized spacial score (nSPS) is 12.0. The van der Waals surface area contributed by atoms with Gasteiger partial charge in [0.1, 0.15) is 5.82 Å². The lowest BCUT2D eigenvalue weighted by Gasteiger charge is -2.14. The third kappa shape index (κ3) is 9.55. The van der Waals surface area contributed by atoms with Gasteiger partial charge in [0.05, 0.1) is 11.5 Å².